The van der Waals surface area contributed by atoms with Crippen molar-refractivity contribution < 1.29 is 13.2 Å². The van der Waals surface area contributed by atoms with Crippen molar-refractivity contribution >= 4 is 49.9 Å². The van der Waals surface area contributed by atoms with Gasteiger partial charge in [-0.15, -0.1) is 0 Å². The molecule has 1 amide bonds. The predicted molar refractivity (Wildman–Crippen MR) is 136 cm³/mol. The third-order valence-corrected chi connectivity index (χ3v) is 7.30. The molecule has 0 aliphatic heterocycles. The summed E-state index contributed by atoms with van der Waals surface area (Å²) in [5.74, 6) is -0.535. The van der Waals surface area contributed by atoms with Gasteiger partial charge in [-0.3, -0.25) is 9.10 Å². The van der Waals surface area contributed by atoms with Gasteiger partial charge in [0.25, 0.3) is 15.9 Å². The van der Waals surface area contributed by atoms with Crippen LogP contribution >= 0.6 is 22.6 Å². The molecule has 32 heavy (non-hydrogen) atoms. The minimum Gasteiger partial charge on any atom is -0.271 e. The fourth-order valence-electron chi connectivity index (χ4n) is 3.00. The maximum Gasteiger partial charge on any atom is 0.264 e. The molecule has 0 aliphatic carbocycles. The van der Waals surface area contributed by atoms with Crippen molar-refractivity contribution in [1.29, 1.82) is 0 Å². The van der Waals surface area contributed by atoms with E-state index in [0.29, 0.717) is 11.4 Å². The van der Waals surface area contributed by atoms with E-state index >= 15 is 0 Å². The number of nitrogens with zero attached hydrogens (tertiary/aromatic N) is 2. The van der Waals surface area contributed by atoms with E-state index in [1.807, 2.05) is 44.2 Å². The molecule has 3 aromatic carbocycles. The zero-order chi connectivity index (χ0) is 23.3. The van der Waals surface area contributed by atoms with Crippen LogP contribution in [0.1, 0.15) is 23.6 Å². The molecule has 6 nitrogen and oxygen atoms in total. The first-order valence-corrected chi connectivity index (χ1v) is 12.4. The molecule has 0 saturated heterocycles. The van der Waals surface area contributed by atoms with Gasteiger partial charge in [-0.25, -0.2) is 13.8 Å². The van der Waals surface area contributed by atoms with Crippen molar-refractivity contribution in [3.8, 4) is 0 Å². The number of aryl methyl sites for hydroxylation is 2. The lowest BCUT2D eigenvalue weighted by molar-refractivity contribution is -0.119. The maximum absolute atomic E-state index is 13.4. The van der Waals surface area contributed by atoms with Crippen LogP contribution in [-0.2, 0) is 14.8 Å². The third-order valence-electron chi connectivity index (χ3n) is 4.80. The second-order valence-electron chi connectivity index (χ2n) is 7.40. The van der Waals surface area contributed by atoms with E-state index in [0.717, 1.165) is 24.6 Å². The molecular weight excluding hydrogens is 537 g/mol. The van der Waals surface area contributed by atoms with Gasteiger partial charge in [-0.1, -0.05) is 42.0 Å². The Morgan fingerprint density at radius 3 is 2.25 bits per heavy atom. The summed E-state index contributed by atoms with van der Waals surface area (Å²) in [6.07, 6.45) is 0. The number of carbonyl (C=O) groups is 1. The van der Waals surface area contributed by atoms with Gasteiger partial charge in [-0.2, -0.15) is 5.10 Å². The number of halogens is 1. The van der Waals surface area contributed by atoms with E-state index < -0.39 is 22.5 Å². The smallest absolute Gasteiger partial charge is 0.264 e. The number of carbonyl (C=O) groups excluding carboxylic acids is 1. The van der Waals surface area contributed by atoms with Crippen molar-refractivity contribution in [2.24, 2.45) is 5.10 Å². The lowest BCUT2D eigenvalue weighted by atomic mass is 10.1. The average molecular weight is 561 g/mol. The van der Waals surface area contributed by atoms with E-state index in [-0.39, 0.29) is 4.90 Å². The molecule has 0 atom stereocenters. The van der Waals surface area contributed by atoms with E-state index in [2.05, 4.69) is 33.1 Å². The van der Waals surface area contributed by atoms with Gasteiger partial charge in [0.05, 0.1) is 16.3 Å². The number of hydrazone groups is 1. The number of hydrogen-bond acceptors (Lipinski definition) is 4. The second kappa shape index (κ2) is 10.3. The van der Waals surface area contributed by atoms with Crippen LogP contribution in [0.2, 0.25) is 0 Å². The largest absolute Gasteiger partial charge is 0.271 e. The van der Waals surface area contributed by atoms with Gasteiger partial charge in [-0.05, 0) is 90.9 Å². The summed E-state index contributed by atoms with van der Waals surface area (Å²) in [5, 5.41) is 4.15. The number of hydrogen-bond donors (Lipinski definition) is 1. The topological polar surface area (TPSA) is 78.8 Å². The summed E-state index contributed by atoms with van der Waals surface area (Å²) < 4.78 is 29.0. The summed E-state index contributed by atoms with van der Waals surface area (Å²) in [6, 6.07) is 21.3. The quantitative estimate of drug-likeness (QED) is 0.259. The zero-order valence-corrected chi connectivity index (χ0v) is 21.0. The van der Waals surface area contributed by atoms with Crippen LogP contribution in [0.15, 0.2) is 82.8 Å². The number of amides is 1. The van der Waals surface area contributed by atoms with Crippen molar-refractivity contribution in [2.45, 2.75) is 25.7 Å². The number of anilines is 1. The molecule has 3 aromatic rings. The van der Waals surface area contributed by atoms with E-state index in [1.165, 1.54) is 0 Å². The molecule has 0 heterocycles. The molecule has 0 aliphatic rings. The molecule has 0 bridgehead atoms. The van der Waals surface area contributed by atoms with Crippen LogP contribution in [0.25, 0.3) is 0 Å². The van der Waals surface area contributed by atoms with Crippen LogP contribution in [0.3, 0.4) is 0 Å². The summed E-state index contributed by atoms with van der Waals surface area (Å²) in [6.45, 7) is 5.14. The number of benzene rings is 3. The highest BCUT2D eigenvalue weighted by molar-refractivity contribution is 14.1. The lowest BCUT2D eigenvalue weighted by Gasteiger charge is -2.24. The fourth-order valence-corrected chi connectivity index (χ4v) is 4.78. The van der Waals surface area contributed by atoms with Crippen LogP contribution in [0, 0.1) is 17.4 Å². The first kappa shape index (κ1) is 23.9. The Morgan fingerprint density at radius 2 is 1.62 bits per heavy atom. The minimum atomic E-state index is -3.96. The molecule has 3 rings (SSSR count). The van der Waals surface area contributed by atoms with E-state index in [9.17, 15) is 13.2 Å². The van der Waals surface area contributed by atoms with Gasteiger partial charge >= 0.3 is 0 Å². The first-order valence-electron chi connectivity index (χ1n) is 9.92. The van der Waals surface area contributed by atoms with Crippen LogP contribution in [-0.4, -0.2) is 26.6 Å². The van der Waals surface area contributed by atoms with Gasteiger partial charge in [0.2, 0.25) is 0 Å². The normalized spacial score (nSPS) is 11.8. The molecule has 0 fully saturated rings. The second-order valence-corrected chi connectivity index (χ2v) is 10.5. The number of nitrogens with one attached hydrogen (secondary N) is 1. The van der Waals surface area contributed by atoms with E-state index in [1.54, 1.807) is 49.4 Å². The summed E-state index contributed by atoms with van der Waals surface area (Å²) in [5.41, 5.74) is 6.23. The Kier molecular flexibility index (Phi) is 7.68. The molecule has 0 aromatic heterocycles. The minimum absolute atomic E-state index is 0.121. The van der Waals surface area contributed by atoms with Crippen molar-refractivity contribution in [1.82, 2.24) is 5.43 Å². The van der Waals surface area contributed by atoms with Crippen LogP contribution in [0.4, 0.5) is 5.69 Å². The Bertz CT molecular complexity index is 1240. The lowest BCUT2D eigenvalue weighted by Crippen LogP contribution is -2.39. The number of sulfonamides is 1. The molecule has 8 heteroatoms. The molecule has 1 N–H and O–H groups in total. The third kappa shape index (κ3) is 5.95. The Labute approximate surface area is 202 Å². The van der Waals surface area contributed by atoms with Crippen molar-refractivity contribution in [3.63, 3.8) is 0 Å². The van der Waals surface area contributed by atoms with E-state index in [4.69, 9.17) is 0 Å². The highest BCUT2D eigenvalue weighted by atomic mass is 127. The first-order chi connectivity index (χ1) is 15.2. The highest BCUT2D eigenvalue weighted by Gasteiger charge is 2.27. The van der Waals surface area contributed by atoms with Crippen molar-refractivity contribution in [2.75, 3.05) is 10.8 Å². The van der Waals surface area contributed by atoms with Gasteiger partial charge < -0.3 is 0 Å². The predicted octanol–water partition coefficient (Wildman–Crippen LogP) is 4.64. The number of rotatable bonds is 7. The molecular formula is C24H24IN3O3S. The van der Waals surface area contributed by atoms with Gasteiger partial charge in [0.1, 0.15) is 6.54 Å². The highest BCUT2D eigenvalue weighted by Crippen LogP contribution is 2.24. The van der Waals surface area contributed by atoms with Gasteiger partial charge in [0, 0.05) is 3.57 Å². The monoisotopic (exact) mass is 561 g/mol. The Hall–Kier alpha value is -2.72. The summed E-state index contributed by atoms with van der Waals surface area (Å²) in [7, 11) is -3.96. The van der Waals surface area contributed by atoms with Crippen LogP contribution in [0.5, 0.6) is 0 Å². The molecule has 166 valence electrons. The standard InChI is InChI=1S/C24H24IN3O3S/c1-17-7-13-23(14-8-17)32(30,31)28(22-6-4-5-18(2)15-22)16-24(29)27-26-19(3)20-9-11-21(25)12-10-20/h4-15H,16H2,1-3H3,(H,27,29)/b26-19+. The summed E-state index contributed by atoms with van der Waals surface area (Å²) >= 11 is 2.21. The van der Waals surface area contributed by atoms with Crippen molar-refractivity contribution in [3.05, 3.63) is 93.1 Å². The Morgan fingerprint density at radius 1 is 0.969 bits per heavy atom. The Balaban J connectivity index is 1.87. The van der Waals surface area contributed by atoms with Crippen LogP contribution < -0.4 is 9.73 Å². The zero-order valence-electron chi connectivity index (χ0n) is 18.0. The molecule has 0 spiro atoms. The molecule has 0 unspecified atom stereocenters. The maximum atomic E-state index is 13.4. The summed E-state index contributed by atoms with van der Waals surface area (Å²) in [4.78, 5) is 12.8. The molecule has 0 saturated carbocycles. The fraction of sp³-hybridized carbons (Fsp3) is 0.167. The van der Waals surface area contributed by atoms with Gasteiger partial charge in [0.15, 0.2) is 0 Å². The average Bonchev–Trinajstić information content (AvgIpc) is 2.76. The molecule has 0 radical (unpaired) electrons. The SMILES string of the molecule is C/C(=N\NC(=O)CN(c1cccc(C)c1)S(=O)(=O)c1ccc(C)cc1)c1ccc(I)cc1.